The molecule has 1 aromatic rings. The number of anilines is 1. The van der Waals surface area contributed by atoms with Crippen molar-refractivity contribution in [3.63, 3.8) is 0 Å². The van der Waals surface area contributed by atoms with Gasteiger partial charge in [-0.25, -0.2) is 0 Å². The molecule has 1 aromatic carbocycles. The zero-order valence-electron chi connectivity index (χ0n) is 8.76. The Morgan fingerprint density at radius 2 is 2.07 bits per heavy atom. The summed E-state index contributed by atoms with van der Waals surface area (Å²) in [5.41, 5.74) is 4.08. The molecule has 1 aliphatic carbocycles. The molecule has 2 heteroatoms. The van der Waals surface area contributed by atoms with E-state index in [4.69, 9.17) is 0 Å². The van der Waals surface area contributed by atoms with E-state index in [9.17, 15) is 0 Å². The molecule has 1 atom stereocenters. The first kappa shape index (κ1) is 9.97. The lowest BCUT2D eigenvalue weighted by Gasteiger charge is -2.11. The van der Waals surface area contributed by atoms with E-state index in [1.54, 1.807) is 0 Å². The highest BCUT2D eigenvalue weighted by Crippen LogP contribution is 2.15. The fourth-order valence-corrected chi connectivity index (χ4v) is 1.68. The van der Waals surface area contributed by atoms with E-state index in [1.165, 1.54) is 12.8 Å². The first-order chi connectivity index (χ1) is 7.45. The molecule has 0 radical (unpaired) electrons. The van der Waals surface area contributed by atoms with Crippen LogP contribution in [-0.2, 0) is 0 Å². The van der Waals surface area contributed by atoms with Gasteiger partial charge in [-0.3, -0.25) is 5.43 Å². The second kappa shape index (κ2) is 5.35. The number of para-hydroxylation sites is 1. The highest BCUT2D eigenvalue weighted by molar-refractivity contribution is 5.63. The summed E-state index contributed by atoms with van der Waals surface area (Å²) in [4.78, 5) is 0. The minimum atomic E-state index is 0.603. The summed E-state index contributed by atoms with van der Waals surface area (Å²) in [6.07, 6.45) is 10.0. The van der Waals surface area contributed by atoms with Crippen molar-refractivity contribution in [3.8, 4) is 0 Å². The van der Waals surface area contributed by atoms with Crippen molar-refractivity contribution in [2.75, 3.05) is 5.43 Å². The Balaban J connectivity index is 1.82. The van der Waals surface area contributed by atoms with Gasteiger partial charge in [-0.05, 0) is 37.3 Å². The van der Waals surface area contributed by atoms with Crippen LogP contribution in [0.2, 0.25) is 0 Å². The van der Waals surface area contributed by atoms with E-state index in [-0.39, 0.29) is 0 Å². The molecule has 0 heterocycles. The third kappa shape index (κ3) is 3.24. The number of nitrogens with zero attached hydrogens (tertiary/aromatic N) is 1. The molecule has 0 fully saturated rings. The summed E-state index contributed by atoms with van der Waals surface area (Å²) in [5, 5.41) is 4.26. The maximum Gasteiger partial charge on any atom is 0.0561 e. The number of rotatable bonds is 3. The van der Waals surface area contributed by atoms with Crippen LogP contribution in [0.25, 0.3) is 0 Å². The van der Waals surface area contributed by atoms with Crippen LogP contribution in [0, 0.1) is 5.92 Å². The fraction of sp³-hybridized carbons (Fsp3) is 0.308. The first-order valence-corrected chi connectivity index (χ1v) is 5.44. The Labute approximate surface area is 90.7 Å². The lowest BCUT2D eigenvalue weighted by atomic mass is 9.96. The van der Waals surface area contributed by atoms with E-state index < -0.39 is 0 Å². The van der Waals surface area contributed by atoms with Gasteiger partial charge in [0.05, 0.1) is 5.69 Å². The summed E-state index contributed by atoms with van der Waals surface area (Å²) in [6, 6.07) is 10.0. The minimum Gasteiger partial charge on any atom is -0.279 e. The topological polar surface area (TPSA) is 24.4 Å². The summed E-state index contributed by atoms with van der Waals surface area (Å²) in [5.74, 6) is 0.603. The number of nitrogens with one attached hydrogen (secondary N) is 1. The number of benzene rings is 1. The molecular weight excluding hydrogens is 184 g/mol. The van der Waals surface area contributed by atoms with Crippen molar-refractivity contribution in [3.05, 3.63) is 42.5 Å². The van der Waals surface area contributed by atoms with E-state index in [0.29, 0.717) is 5.92 Å². The van der Waals surface area contributed by atoms with Gasteiger partial charge in [0.2, 0.25) is 0 Å². The van der Waals surface area contributed by atoms with Gasteiger partial charge in [0.1, 0.15) is 0 Å². The van der Waals surface area contributed by atoms with Gasteiger partial charge in [0.15, 0.2) is 0 Å². The van der Waals surface area contributed by atoms with E-state index in [0.717, 1.165) is 12.1 Å². The molecule has 1 aliphatic rings. The largest absolute Gasteiger partial charge is 0.279 e. The maximum absolute atomic E-state index is 4.26. The molecule has 0 saturated heterocycles. The van der Waals surface area contributed by atoms with Gasteiger partial charge in [-0.2, -0.15) is 5.10 Å². The van der Waals surface area contributed by atoms with Crippen molar-refractivity contribution in [2.45, 2.75) is 19.3 Å². The summed E-state index contributed by atoms with van der Waals surface area (Å²) >= 11 is 0. The van der Waals surface area contributed by atoms with Crippen LogP contribution in [0.4, 0.5) is 5.69 Å². The van der Waals surface area contributed by atoms with Crippen molar-refractivity contribution in [1.82, 2.24) is 0 Å². The van der Waals surface area contributed by atoms with Gasteiger partial charge >= 0.3 is 0 Å². The molecule has 1 N–H and O–H groups in total. The first-order valence-electron chi connectivity index (χ1n) is 5.44. The second-order valence-corrected chi connectivity index (χ2v) is 3.80. The Kier molecular flexibility index (Phi) is 3.55. The van der Waals surface area contributed by atoms with Gasteiger partial charge in [-0.1, -0.05) is 30.4 Å². The molecule has 78 valence electrons. The zero-order valence-corrected chi connectivity index (χ0v) is 8.76. The highest BCUT2D eigenvalue weighted by atomic mass is 15.3. The summed E-state index contributed by atoms with van der Waals surface area (Å²) < 4.78 is 0. The predicted molar refractivity (Wildman–Crippen MR) is 65.0 cm³/mol. The Bertz CT molecular complexity index is 341. The van der Waals surface area contributed by atoms with Crippen LogP contribution < -0.4 is 5.43 Å². The Morgan fingerprint density at radius 1 is 1.20 bits per heavy atom. The molecule has 0 aliphatic heterocycles. The molecule has 2 nitrogen and oxygen atoms in total. The average Bonchev–Trinajstić information content (AvgIpc) is 2.32. The average molecular weight is 200 g/mol. The highest BCUT2D eigenvalue weighted by Gasteiger charge is 2.05. The van der Waals surface area contributed by atoms with Gasteiger partial charge in [0, 0.05) is 6.21 Å². The number of hydrogen-bond acceptors (Lipinski definition) is 2. The van der Waals surface area contributed by atoms with Crippen LogP contribution >= 0.6 is 0 Å². The third-order valence-electron chi connectivity index (χ3n) is 2.56. The van der Waals surface area contributed by atoms with Crippen LogP contribution in [-0.4, -0.2) is 6.21 Å². The molecule has 1 unspecified atom stereocenters. The van der Waals surface area contributed by atoms with Crippen LogP contribution in [0.5, 0.6) is 0 Å². The van der Waals surface area contributed by atoms with Gasteiger partial charge in [0.25, 0.3) is 0 Å². The summed E-state index contributed by atoms with van der Waals surface area (Å²) in [7, 11) is 0. The lowest BCUT2D eigenvalue weighted by molar-refractivity contribution is 0.627. The van der Waals surface area contributed by atoms with Crippen molar-refractivity contribution >= 4 is 11.9 Å². The van der Waals surface area contributed by atoms with E-state index >= 15 is 0 Å². The fourth-order valence-electron chi connectivity index (χ4n) is 1.68. The van der Waals surface area contributed by atoms with E-state index in [2.05, 4.69) is 22.7 Å². The van der Waals surface area contributed by atoms with Crippen molar-refractivity contribution < 1.29 is 0 Å². The SMILES string of the molecule is C1=CCC(/C=N\Nc2ccccc2)CC1. The van der Waals surface area contributed by atoms with Crippen molar-refractivity contribution in [1.29, 1.82) is 0 Å². The third-order valence-corrected chi connectivity index (χ3v) is 2.56. The number of hydrazone groups is 1. The number of hydrogen-bond donors (Lipinski definition) is 1. The van der Waals surface area contributed by atoms with Gasteiger partial charge in [-0.15, -0.1) is 0 Å². The van der Waals surface area contributed by atoms with Crippen molar-refractivity contribution in [2.24, 2.45) is 11.0 Å². The standard InChI is InChI=1S/C13H16N2/c1-3-7-12(8-4-1)11-14-15-13-9-5-2-6-10-13/h1-3,5-6,9-12,15H,4,7-8H2/b14-11-. The maximum atomic E-state index is 4.26. The second-order valence-electron chi connectivity index (χ2n) is 3.80. The molecule has 15 heavy (non-hydrogen) atoms. The molecule has 0 amide bonds. The molecule has 0 spiro atoms. The molecular formula is C13H16N2. The van der Waals surface area contributed by atoms with E-state index in [1.807, 2.05) is 36.5 Å². The quantitative estimate of drug-likeness (QED) is 0.451. The van der Waals surface area contributed by atoms with Crippen LogP contribution in [0.15, 0.2) is 47.6 Å². The minimum absolute atomic E-state index is 0.603. The zero-order chi connectivity index (χ0) is 10.3. The molecule has 2 rings (SSSR count). The molecule has 0 bridgehead atoms. The summed E-state index contributed by atoms with van der Waals surface area (Å²) in [6.45, 7) is 0. The molecule has 0 aromatic heterocycles. The van der Waals surface area contributed by atoms with Crippen LogP contribution in [0.3, 0.4) is 0 Å². The van der Waals surface area contributed by atoms with Gasteiger partial charge < -0.3 is 0 Å². The smallest absolute Gasteiger partial charge is 0.0561 e. The lowest BCUT2D eigenvalue weighted by Crippen LogP contribution is -2.04. The Morgan fingerprint density at radius 3 is 2.80 bits per heavy atom. The van der Waals surface area contributed by atoms with Crippen LogP contribution in [0.1, 0.15) is 19.3 Å². The Hall–Kier alpha value is -1.57. The molecule has 0 saturated carbocycles. The predicted octanol–water partition coefficient (Wildman–Crippen LogP) is 3.44. The monoisotopic (exact) mass is 200 g/mol. The normalized spacial score (nSPS) is 20.7. The number of allylic oxidation sites excluding steroid dienone is 2.